The maximum Gasteiger partial charge on any atom is 0.332 e. The molecule has 2 aromatic heterocycles. The third kappa shape index (κ3) is 3.44. The molecule has 1 amide bonds. The Morgan fingerprint density at radius 1 is 1.25 bits per heavy atom. The molecule has 0 spiro atoms. The fourth-order valence-electron chi connectivity index (χ4n) is 3.46. The lowest BCUT2D eigenvalue weighted by Crippen LogP contribution is -2.44. The Morgan fingerprint density at radius 3 is 2.64 bits per heavy atom. The number of rotatable bonds is 4. The maximum absolute atomic E-state index is 12.8. The fourth-order valence-corrected chi connectivity index (χ4v) is 3.68. The summed E-state index contributed by atoms with van der Waals surface area (Å²) in [4.78, 5) is 55.1. The summed E-state index contributed by atoms with van der Waals surface area (Å²) < 4.78 is 8.51. The van der Waals surface area contributed by atoms with Crippen molar-refractivity contribution < 1.29 is 14.3 Å². The number of halogens is 1. The average Bonchev–Trinajstić information content (AvgIpc) is 3.01. The van der Waals surface area contributed by atoms with Crippen LogP contribution < -0.4 is 11.2 Å². The van der Waals surface area contributed by atoms with Gasteiger partial charge in [0, 0.05) is 27.2 Å². The second-order valence-electron chi connectivity index (χ2n) is 6.78. The number of imidazole rings is 1. The Kier molecular flexibility index (Phi) is 5.59. The summed E-state index contributed by atoms with van der Waals surface area (Å²) in [6.07, 6.45) is 1.35. The third-order valence-electron chi connectivity index (χ3n) is 4.99. The quantitative estimate of drug-likeness (QED) is 0.513. The number of piperidine rings is 1. The molecule has 2 aromatic rings. The number of ether oxygens (including phenoxy) is 1. The molecule has 1 saturated heterocycles. The first-order valence-corrected chi connectivity index (χ1v) is 9.40. The average molecular weight is 412 g/mol. The van der Waals surface area contributed by atoms with E-state index in [1.54, 1.807) is 11.8 Å². The summed E-state index contributed by atoms with van der Waals surface area (Å²) in [5.41, 5.74) is -0.900. The SMILES string of the molecule is CCOC(=O)C1CCCN(C(=O)Cn2c(Cl)nc3c2c(=O)n(C)c(=O)n3C)C1. The van der Waals surface area contributed by atoms with Crippen LogP contribution >= 0.6 is 11.6 Å². The van der Waals surface area contributed by atoms with Crippen LogP contribution in [0.3, 0.4) is 0 Å². The summed E-state index contributed by atoms with van der Waals surface area (Å²) in [5.74, 6) is -0.956. The highest BCUT2D eigenvalue weighted by Gasteiger charge is 2.30. The molecule has 0 bridgehead atoms. The number of esters is 1. The minimum absolute atomic E-state index is 0.0550. The minimum Gasteiger partial charge on any atom is -0.466 e. The third-order valence-corrected chi connectivity index (χ3v) is 5.28. The normalized spacial score (nSPS) is 17.1. The zero-order chi connectivity index (χ0) is 20.6. The van der Waals surface area contributed by atoms with Crippen molar-refractivity contribution in [2.45, 2.75) is 26.3 Å². The molecule has 1 aliphatic heterocycles. The Hall–Kier alpha value is -2.62. The zero-order valence-corrected chi connectivity index (χ0v) is 16.7. The van der Waals surface area contributed by atoms with E-state index in [-0.39, 0.29) is 47.3 Å². The highest BCUT2D eigenvalue weighted by Crippen LogP contribution is 2.20. The van der Waals surface area contributed by atoms with E-state index >= 15 is 0 Å². The predicted octanol–water partition coefficient (Wildman–Crippen LogP) is -0.111. The molecule has 1 unspecified atom stereocenters. The van der Waals surface area contributed by atoms with Gasteiger partial charge in [0.05, 0.1) is 12.5 Å². The van der Waals surface area contributed by atoms with E-state index in [1.165, 1.54) is 23.2 Å². The first kappa shape index (κ1) is 20.1. The minimum atomic E-state index is -0.576. The van der Waals surface area contributed by atoms with Crippen LogP contribution in [-0.4, -0.2) is 55.2 Å². The van der Waals surface area contributed by atoms with E-state index in [1.807, 2.05) is 0 Å². The van der Waals surface area contributed by atoms with Crippen molar-refractivity contribution in [1.82, 2.24) is 23.6 Å². The Labute approximate surface area is 165 Å². The molecule has 0 aromatic carbocycles. The van der Waals surface area contributed by atoms with Crippen molar-refractivity contribution in [2.24, 2.45) is 20.0 Å². The van der Waals surface area contributed by atoms with Crippen molar-refractivity contribution in [3.8, 4) is 0 Å². The predicted molar refractivity (Wildman–Crippen MR) is 101 cm³/mol. The monoisotopic (exact) mass is 411 g/mol. The molecule has 0 aliphatic carbocycles. The van der Waals surface area contributed by atoms with Crippen LogP contribution in [-0.2, 0) is 35.0 Å². The van der Waals surface area contributed by atoms with Crippen LogP contribution in [0.1, 0.15) is 19.8 Å². The van der Waals surface area contributed by atoms with Gasteiger partial charge in [-0.3, -0.25) is 28.1 Å². The van der Waals surface area contributed by atoms with Crippen molar-refractivity contribution in [1.29, 1.82) is 0 Å². The number of fused-ring (bicyclic) bond motifs is 1. The largest absolute Gasteiger partial charge is 0.466 e. The number of nitrogens with zero attached hydrogens (tertiary/aromatic N) is 5. The number of aromatic nitrogens is 4. The van der Waals surface area contributed by atoms with Gasteiger partial charge in [-0.1, -0.05) is 0 Å². The first-order valence-electron chi connectivity index (χ1n) is 9.02. The number of carbonyl (C=O) groups is 2. The Morgan fingerprint density at radius 2 is 1.96 bits per heavy atom. The standard InChI is InChI=1S/C17H22ClN5O5/c1-4-28-15(26)10-6-5-7-22(8-10)11(24)9-23-12-13(19-16(23)18)20(2)17(27)21(3)14(12)25/h10H,4-9H2,1-3H3. The number of aryl methyl sites for hydroxylation is 1. The van der Waals surface area contributed by atoms with Gasteiger partial charge >= 0.3 is 11.7 Å². The van der Waals surface area contributed by atoms with Crippen LogP contribution in [0, 0.1) is 5.92 Å². The second-order valence-corrected chi connectivity index (χ2v) is 7.11. The van der Waals surface area contributed by atoms with Gasteiger partial charge in [-0.05, 0) is 31.4 Å². The molecule has 3 heterocycles. The lowest BCUT2D eigenvalue weighted by atomic mass is 9.98. The van der Waals surface area contributed by atoms with Gasteiger partial charge < -0.3 is 9.64 Å². The van der Waals surface area contributed by atoms with Gasteiger partial charge in [-0.2, -0.15) is 4.98 Å². The van der Waals surface area contributed by atoms with E-state index in [4.69, 9.17) is 16.3 Å². The van der Waals surface area contributed by atoms with E-state index in [0.717, 1.165) is 4.57 Å². The smallest absolute Gasteiger partial charge is 0.332 e. The number of carbonyl (C=O) groups excluding carboxylic acids is 2. The molecule has 11 heteroatoms. The molecular weight excluding hydrogens is 390 g/mol. The molecule has 0 radical (unpaired) electrons. The summed E-state index contributed by atoms with van der Waals surface area (Å²) in [5, 5.41) is -0.0550. The fraction of sp³-hybridized carbons (Fsp3) is 0.588. The number of likely N-dealkylation sites (tertiary alicyclic amines) is 1. The van der Waals surface area contributed by atoms with Crippen LogP contribution in [0.5, 0.6) is 0 Å². The molecule has 10 nitrogen and oxygen atoms in total. The topological polar surface area (TPSA) is 108 Å². The van der Waals surface area contributed by atoms with Crippen molar-refractivity contribution in [3.63, 3.8) is 0 Å². The highest BCUT2D eigenvalue weighted by atomic mass is 35.5. The van der Waals surface area contributed by atoms with Crippen LogP contribution in [0.2, 0.25) is 5.28 Å². The van der Waals surface area contributed by atoms with Gasteiger partial charge in [0.2, 0.25) is 11.2 Å². The van der Waals surface area contributed by atoms with Crippen LogP contribution in [0.4, 0.5) is 0 Å². The maximum atomic E-state index is 12.8. The van der Waals surface area contributed by atoms with Gasteiger partial charge in [0.15, 0.2) is 11.2 Å². The zero-order valence-electron chi connectivity index (χ0n) is 16.0. The molecule has 3 rings (SSSR count). The molecule has 1 atom stereocenters. The number of hydrogen-bond acceptors (Lipinski definition) is 6. The van der Waals surface area contributed by atoms with E-state index in [9.17, 15) is 19.2 Å². The molecule has 28 heavy (non-hydrogen) atoms. The summed E-state index contributed by atoms with van der Waals surface area (Å²) >= 11 is 6.16. The number of amides is 1. The Bertz CT molecular complexity index is 1050. The van der Waals surface area contributed by atoms with Crippen molar-refractivity contribution in [2.75, 3.05) is 19.7 Å². The number of hydrogen-bond donors (Lipinski definition) is 0. The van der Waals surface area contributed by atoms with Crippen LogP contribution in [0.25, 0.3) is 11.2 Å². The summed E-state index contributed by atoms with van der Waals surface area (Å²) in [6, 6.07) is 0. The Balaban J connectivity index is 1.90. The molecule has 0 N–H and O–H groups in total. The van der Waals surface area contributed by atoms with Crippen LogP contribution in [0.15, 0.2) is 9.59 Å². The van der Waals surface area contributed by atoms with Gasteiger partial charge in [-0.15, -0.1) is 0 Å². The highest BCUT2D eigenvalue weighted by molar-refractivity contribution is 6.29. The lowest BCUT2D eigenvalue weighted by molar-refractivity contribution is -0.151. The molecule has 152 valence electrons. The van der Waals surface area contributed by atoms with Gasteiger partial charge in [-0.25, -0.2) is 4.79 Å². The molecule has 1 aliphatic rings. The van der Waals surface area contributed by atoms with E-state index < -0.39 is 11.2 Å². The first-order chi connectivity index (χ1) is 13.3. The van der Waals surface area contributed by atoms with Gasteiger partial charge in [0.25, 0.3) is 5.56 Å². The van der Waals surface area contributed by atoms with E-state index in [0.29, 0.717) is 26.0 Å². The van der Waals surface area contributed by atoms with Crippen molar-refractivity contribution in [3.05, 3.63) is 26.1 Å². The van der Waals surface area contributed by atoms with Crippen molar-refractivity contribution >= 4 is 34.6 Å². The molecular formula is C17H22ClN5O5. The summed E-state index contributed by atoms with van der Waals surface area (Å²) in [7, 11) is 2.83. The van der Waals surface area contributed by atoms with E-state index in [2.05, 4.69) is 4.98 Å². The lowest BCUT2D eigenvalue weighted by Gasteiger charge is -2.31. The second kappa shape index (κ2) is 7.78. The summed E-state index contributed by atoms with van der Waals surface area (Å²) in [6.45, 7) is 2.60. The van der Waals surface area contributed by atoms with Gasteiger partial charge in [0.1, 0.15) is 6.54 Å². The molecule has 0 saturated carbocycles. The molecule has 1 fully saturated rings.